The van der Waals surface area contributed by atoms with Crippen molar-refractivity contribution >= 4 is 25.3 Å². The van der Waals surface area contributed by atoms with Crippen LogP contribution in [0.25, 0.3) is 0 Å². The molecule has 1 aromatic rings. The lowest BCUT2D eigenvalue weighted by atomic mass is 10.2. The predicted octanol–water partition coefficient (Wildman–Crippen LogP) is 6.12. The summed E-state index contributed by atoms with van der Waals surface area (Å²) in [6.07, 6.45) is 0. The first-order valence-electron chi connectivity index (χ1n) is 7.81. The zero-order valence-electron chi connectivity index (χ0n) is 14.4. The molecule has 1 aromatic carbocycles. The Kier molecular flexibility index (Phi) is 6.94. The summed E-state index contributed by atoms with van der Waals surface area (Å²) in [7, 11) is -2.03. The van der Waals surface area contributed by atoms with Gasteiger partial charge >= 0.3 is 5.43 Å². The van der Waals surface area contributed by atoms with Crippen molar-refractivity contribution < 1.29 is 14.0 Å². The maximum absolute atomic E-state index is 10.8. The molecule has 0 aliphatic heterocycles. The molecule has 5 heteroatoms. The van der Waals surface area contributed by atoms with Crippen LogP contribution in [-0.4, -0.2) is 13.7 Å². The second kappa shape index (κ2) is 8.02. The third-order valence-corrected chi connectivity index (χ3v) is 10.4. The highest BCUT2D eigenvalue weighted by Gasteiger charge is 2.47. The second-order valence-corrected chi connectivity index (χ2v) is 12.2. The normalized spacial score (nSPS) is 12.1. The molecule has 124 valence electrons. The van der Waals surface area contributed by atoms with Crippen molar-refractivity contribution in [2.24, 2.45) is 0 Å². The molecule has 0 aromatic heterocycles. The van der Waals surface area contributed by atoms with Gasteiger partial charge in [-0.1, -0.05) is 59.7 Å². The molecule has 3 nitrogen and oxygen atoms in total. The fourth-order valence-corrected chi connectivity index (χ4v) is 8.74. The van der Waals surface area contributed by atoms with Crippen LogP contribution in [0.2, 0.25) is 16.6 Å². The highest BCUT2D eigenvalue weighted by Crippen LogP contribution is 2.43. The van der Waals surface area contributed by atoms with Crippen molar-refractivity contribution in [3.8, 4) is 5.75 Å². The Morgan fingerprint density at radius 1 is 1.05 bits per heavy atom. The summed E-state index contributed by atoms with van der Waals surface area (Å²) in [4.78, 5) is 10.8. The Hall–Kier alpha value is -1.00. The molecule has 0 spiro atoms. The highest BCUT2D eigenvalue weighted by molar-refractivity contribution is 6.78. The standard InChI is InChI=1S/C17H27ClO3Si/c1-12(2)22(13(3)4,14(5)6)21-16-10-8-7-9-15(16)11-20-17(18)19/h7-10,12-14H,11H2,1-6H3. The molecule has 1 rings (SSSR count). The van der Waals surface area contributed by atoms with Crippen LogP contribution in [0, 0.1) is 0 Å². The van der Waals surface area contributed by atoms with E-state index in [0.717, 1.165) is 11.3 Å². The molecule has 0 aliphatic carbocycles. The molecule has 0 unspecified atom stereocenters. The molecule has 0 saturated heterocycles. The Labute approximate surface area is 140 Å². The van der Waals surface area contributed by atoms with Crippen molar-refractivity contribution in [2.75, 3.05) is 0 Å². The van der Waals surface area contributed by atoms with Crippen LogP contribution in [0.3, 0.4) is 0 Å². The average Bonchev–Trinajstić information content (AvgIpc) is 2.42. The van der Waals surface area contributed by atoms with E-state index >= 15 is 0 Å². The predicted molar refractivity (Wildman–Crippen MR) is 94.2 cm³/mol. The van der Waals surface area contributed by atoms with Gasteiger partial charge in [0, 0.05) is 17.2 Å². The van der Waals surface area contributed by atoms with E-state index in [-0.39, 0.29) is 6.61 Å². The first-order valence-corrected chi connectivity index (χ1v) is 10.3. The Morgan fingerprint density at radius 3 is 2.00 bits per heavy atom. The summed E-state index contributed by atoms with van der Waals surface area (Å²) in [5.74, 6) is 0.809. The van der Waals surface area contributed by atoms with Gasteiger partial charge in [-0.25, -0.2) is 4.79 Å². The number of ether oxygens (including phenoxy) is 1. The van der Waals surface area contributed by atoms with E-state index in [4.69, 9.17) is 20.8 Å². The van der Waals surface area contributed by atoms with E-state index in [1.165, 1.54) is 0 Å². The van der Waals surface area contributed by atoms with Crippen LogP contribution in [0.4, 0.5) is 4.79 Å². The van der Waals surface area contributed by atoms with Crippen LogP contribution in [0.5, 0.6) is 5.75 Å². The van der Waals surface area contributed by atoms with E-state index in [9.17, 15) is 4.79 Å². The number of carbonyl (C=O) groups excluding carboxylic acids is 1. The minimum atomic E-state index is -2.03. The van der Waals surface area contributed by atoms with Crippen LogP contribution < -0.4 is 4.43 Å². The zero-order chi connectivity index (χ0) is 16.9. The van der Waals surface area contributed by atoms with Crippen molar-refractivity contribution in [1.82, 2.24) is 0 Å². The lowest BCUT2D eigenvalue weighted by Gasteiger charge is -2.42. The quantitative estimate of drug-likeness (QED) is 0.442. The van der Waals surface area contributed by atoms with Gasteiger partial charge in [-0.05, 0) is 22.7 Å². The topological polar surface area (TPSA) is 35.5 Å². The number of benzene rings is 1. The molecule has 0 fully saturated rings. The van der Waals surface area contributed by atoms with E-state index in [1.807, 2.05) is 24.3 Å². The van der Waals surface area contributed by atoms with Crippen LogP contribution >= 0.6 is 11.6 Å². The largest absolute Gasteiger partial charge is 0.542 e. The van der Waals surface area contributed by atoms with Crippen molar-refractivity contribution in [1.29, 1.82) is 0 Å². The summed E-state index contributed by atoms with van der Waals surface area (Å²) in [5.41, 5.74) is 1.51. The lowest BCUT2D eigenvalue weighted by molar-refractivity contribution is 0.166. The van der Waals surface area contributed by atoms with E-state index in [0.29, 0.717) is 16.6 Å². The van der Waals surface area contributed by atoms with Crippen LogP contribution in [-0.2, 0) is 11.3 Å². The maximum Gasteiger partial charge on any atom is 0.404 e. The van der Waals surface area contributed by atoms with Gasteiger partial charge in [0.25, 0.3) is 8.32 Å². The first-order chi connectivity index (χ1) is 10.2. The van der Waals surface area contributed by atoms with Crippen LogP contribution in [0.15, 0.2) is 24.3 Å². The third kappa shape index (κ3) is 4.26. The number of rotatable bonds is 7. The van der Waals surface area contributed by atoms with Crippen LogP contribution in [0.1, 0.15) is 47.1 Å². The molecule has 0 bridgehead atoms. The number of halogens is 1. The number of para-hydroxylation sites is 1. The molecule has 0 saturated carbocycles. The smallest absolute Gasteiger partial charge is 0.404 e. The second-order valence-electron chi connectivity index (χ2n) is 6.55. The van der Waals surface area contributed by atoms with Crippen molar-refractivity contribution in [3.63, 3.8) is 0 Å². The molecule has 0 aliphatic rings. The van der Waals surface area contributed by atoms with Gasteiger partial charge in [0.2, 0.25) is 0 Å². The molecule has 0 amide bonds. The Bertz CT molecular complexity index is 479. The fourth-order valence-electron chi connectivity index (χ4n) is 3.40. The first kappa shape index (κ1) is 19.0. The Morgan fingerprint density at radius 2 is 1.55 bits per heavy atom. The molecule has 0 atom stereocenters. The fraction of sp³-hybridized carbons (Fsp3) is 0.588. The maximum atomic E-state index is 10.8. The minimum Gasteiger partial charge on any atom is -0.542 e. The summed E-state index contributed by atoms with van der Waals surface area (Å²) < 4.78 is 11.6. The van der Waals surface area contributed by atoms with Gasteiger partial charge in [-0.15, -0.1) is 0 Å². The van der Waals surface area contributed by atoms with Gasteiger partial charge in [0.15, 0.2) is 0 Å². The summed E-state index contributed by atoms with van der Waals surface area (Å²) in [6.45, 7) is 13.6. The van der Waals surface area contributed by atoms with Gasteiger partial charge in [0.05, 0.1) is 0 Å². The van der Waals surface area contributed by atoms with Gasteiger partial charge in [0.1, 0.15) is 12.4 Å². The monoisotopic (exact) mass is 342 g/mol. The van der Waals surface area contributed by atoms with E-state index in [1.54, 1.807) is 0 Å². The third-order valence-electron chi connectivity index (χ3n) is 4.31. The molecular weight excluding hydrogens is 316 g/mol. The molecule has 22 heavy (non-hydrogen) atoms. The molecule has 0 N–H and O–H groups in total. The summed E-state index contributed by atoms with van der Waals surface area (Å²) in [5, 5.41) is 0. The number of hydrogen-bond donors (Lipinski definition) is 0. The highest BCUT2D eigenvalue weighted by atomic mass is 35.5. The SMILES string of the molecule is CC(C)[Si](Oc1ccccc1COC(=O)Cl)(C(C)C)C(C)C. The zero-order valence-corrected chi connectivity index (χ0v) is 16.1. The average molecular weight is 343 g/mol. The molecular formula is C17H27ClO3Si. The van der Waals surface area contributed by atoms with Crippen molar-refractivity contribution in [2.45, 2.75) is 64.8 Å². The molecule has 0 heterocycles. The number of carbonyl (C=O) groups is 1. The van der Waals surface area contributed by atoms with Gasteiger partial charge in [-0.3, -0.25) is 0 Å². The minimum absolute atomic E-state index is 0.136. The van der Waals surface area contributed by atoms with E-state index in [2.05, 4.69) is 41.5 Å². The van der Waals surface area contributed by atoms with Crippen molar-refractivity contribution in [3.05, 3.63) is 29.8 Å². The Balaban J connectivity index is 3.16. The summed E-state index contributed by atoms with van der Waals surface area (Å²) >= 11 is 5.27. The lowest BCUT2D eigenvalue weighted by Crippen LogP contribution is -2.50. The molecule has 0 radical (unpaired) electrons. The van der Waals surface area contributed by atoms with E-state index < -0.39 is 13.7 Å². The number of hydrogen-bond acceptors (Lipinski definition) is 3. The van der Waals surface area contributed by atoms with Gasteiger partial charge < -0.3 is 9.16 Å². The van der Waals surface area contributed by atoms with Gasteiger partial charge in [-0.2, -0.15) is 0 Å². The summed E-state index contributed by atoms with van der Waals surface area (Å²) in [6, 6.07) is 7.72.